The Hall–Kier alpha value is -0.240. The Kier molecular flexibility index (Phi) is 4.73. The molecular formula is C11H20ClNO. The summed E-state index contributed by atoms with van der Waals surface area (Å²) in [5.74, 6) is 0.300. The van der Waals surface area contributed by atoms with E-state index in [0.717, 1.165) is 32.1 Å². The highest BCUT2D eigenvalue weighted by atomic mass is 35.5. The second-order valence-electron chi connectivity index (χ2n) is 4.25. The van der Waals surface area contributed by atoms with E-state index in [-0.39, 0.29) is 23.2 Å². The van der Waals surface area contributed by atoms with E-state index < -0.39 is 0 Å². The zero-order valence-electron chi connectivity index (χ0n) is 9.05. The number of alkyl halides is 1. The third-order valence-electron chi connectivity index (χ3n) is 2.93. The van der Waals surface area contributed by atoms with Crippen molar-refractivity contribution in [3.8, 4) is 0 Å². The van der Waals surface area contributed by atoms with Crippen LogP contribution in [-0.2, 0) is 4.79 Å². The van der Waals surface area contributed by atoms with E-state index in [1.54, 1.807) is 0 Å². The lowest BCUT2D eigenvalue weighted by atomic mass is 10.0. The molecule has 3 atom stereocenters. The summed E-state index contributed by atoms with van der Waals surface area (Å²) in [4.78, 5) is 11.7. The molecular weight excluding hydrogens is 198 g/mol. The first-order valence-corrected chi connectivity index (χ1v) is 6.03. The van der Waals surface area contributed by atoms with E-state index in [1.165, 1.54) is 0 Å². The lowest BCUT2D eigenvalue weighted by Gasteiger charge is -2.18. The van der Waals surface area contributed by atoms with Crippen molar-refractivity contribution in [2.24, 2.45) is 5.92 Å². The van der Waals surface area contributed by atoms with Crippen LogP contribution in [0, 0.1) is 5.92 Å². The minimum absolute atomic E-state index is 0.129. The van der Waals surface area contributed by atoms with Crippen molar-refractivity contribution in [1.29, 1.82) is 0 Å². The molecule has 1 aliphatic carbocycles. The second kappa shape index (κ2) is 5.59. The fourth-order valence-corrected chi connectivity index (χ4v) is 2.31. The summed E-state index contributed by atoms with van der Waals surface area (Å²) in [7, 11) is 0. The summed E-state index contributed by atoms with van der Waals surface area (Å²) in [6, 6.07) is 0.212. The maximum atomic E-state index is 11.7. The van der Waals surface area contributed by atoms with Crippen molar-refractivity contribution < 1.29 is 4.79 Å². The van der Waals surface area contributed by atoms with Crippen molar-refractivity contribution in [3.63, 3.8) is 0 Å². The predicted octanol–water partition coefficient (Wildman–Crippen LogP) is 2.70. The molecule has 14 heavy (non-hydrogen) atoms. The Bertz CT molecular complexity index is 196. The fraction of sp³-hybridized carbons (Fsp3) is 0.909. The maximum absolute atomic E-state index is 11.7. The van der Waals surface area contributed by atoms with Crippen LogP contribution in [0.2, 0.25) is 0 Å². The van der Waals surface area contributed by atoms with Crippen molar-refractivity contribution in [3.05, 3.63) is 0 Å². The van der Waals surface area contributed by atoms with Gasteiger partial charge in [0.2, 0.25) is 5.91 Å². The van der Waals surface area contributed by atoms with E-state index in [2.05, 4.69) is 12.2 Å². The van der Waals surface area contributed by atoms with E-state index >= 15 is 0 Å². The van der Waals surface area contributed by atoms with Gasteiger partial charge in [-0.15, -0.1) is 11.6 Å². The lowest BCUT2D eigenvalue weighted by molar-refractivity contribution is -0.125. The molecule has 0 aliphatic heterocycles. The van der Waals surface area contributed by atoms with Crippen LogP contribution in [0.5, 0.6) is 0 Å². The van der Waals surface area contributed by atoms with Gasteiger partial charge in [-0.3, -0.25) is 4.79 Å². The molecule has 0 aromatic rings. The lowest BCUT2D eigenvalue weighted by Crippen LogP contribution is -2.40. The standard InChI is InChI=1S/C11H20ClNO/c1-3-5-8(2)11(14)13-10-7-4-6-9(10)12/h8-10H,3-7H2,1-2H3,(H,13,14). The summed E-state index contributed by atoms with van der Waals surface area (Å²) in [6.07, 6.45) is 5.24. The number of halogens is 1. The molecule has 0 spiro atoms. The third-order valence-corrected chi connectivity index (χ3v) is 3.45. The molecule has 0 bridgehead atoms. The minimum atomic E-state index is 0.129. The number of amides is 1. The summed E-state index contributed by atoms with van der Waals surface area (Å²) in [6.45, 7) is 4.08. The Balaban J connectivity index is 2.32. The summed E-state index contributed by atoms with van der Waals surface area (Å²) >= 11 is 6.09. The molecule has 1 fully saturated rings. The van der Waals surface area contributed by atoms with Gasteiger partial charge in [0.15, 0.2) is 0 Å². The highest BCUT2D eigenvalue weighted by molar-refractivity contribution is 6.21. The normalized spacial score (nSPS) is 28.8. The van der Waals surface area contributed by atoms with Gasteiger partial charge in [-0.1, -0.05) is 20.3 Å². The largest absolute Gasteiger partial charge is 0.352 e. The van der Waals surface area contributed by atoms with Crippen LogP contribution in [0.3, 0.4) is 0 Å². The van der Waals surface area contributed by atoms with Gasteiger partial charge in [-0.2, -0.15) is 0 Å². The number of carbonyl (C=O) groups is 1. The van der Waals surface area contributed by atoms with Gasteiger partial charge in [-0.05, 0) is 25.7 Å². The van der Waals surface area contributed by atoms with Crippen molar-refractivity contribution in [1.82, 2.24) is 5.32 Å². The van der Waals surface area contributed by atoms with Crippen LogP contribution in [0.1, 0.15) is 46.0 Å². The average molecular weight is 218 g/mol. The van der Waals surface area contributed by atoms with Gasteiger partial charge in [0, 0.05) is 12.0 Å². The quantitative estimate of drug-likeness (QED) is 0.721. The number of carbonyl (C=O) groups excluding carboxylic acids is 1. The topological polar surface area (TPSA) is 29.1 Å². The van der Waals surface area contributed by atoms with Gasteiger partial charge in [0.05, 0.1) is 5.38 Å². The average Bonchev–Trinajstić information content (AvgIpc) is 2.52. The van der Waals surface area contributed by atoms with E-state index in [4.69, 9.17) is 11.6 Å². The van der Waals surface area contributed by atoms with Gasteiger partial charge in [-0.25, -0.2) is 0 Å². The SMILES string of the molecule is CCCC(C)C(=O)NC1CCCC1Cl. The molecule has 3 heteroatoms. The molecule has 0 aromatic heterocycles. The first-order chi connectivity index (χ1) is 6.65. The Morgan fingerprint density at radius 3 is 2.79 bits per heavy atom. The summed E-state index contributed by atoms with van der Waals surface area (Å²) < 4.78 is 0. The number of rotatable bonds is 4. The highest BCUT2D eigenvalue weighted by Gasteiger charge is 2.27. The van der Waals surface area contributed by atoms with E-state index in [9.17, 15) is 4.79 Å². The molecule has 1 amide bonds. The molecule has 1 saturated carbocycles. The molecule has 1 aliphatic rings. The fourth-order valence-electron chi connectivity index (χ4n) is 1.97. The van der Waals surface area contributed by atoms with Crippen LogP contribution in [0.4, 0.5) is 0 Å². The van der Waals surface area contributed by atoms with Crippen molar-refractivity contribution >= 4 is 17.5 Å². The minimum Gasteiger partial charge on any atom is -0.352 e. The molecule has 0 radical (unpaired) electrons. The van der Waals surface area contributed by atoms with Crippen LogP contribution in [0.25, 0.3) is 0 Å². The molecule has 2 nitrogen and oxygen atoms in total. The number of hydrogen-bond donors (Lipinski definition) is 1. The Labute approximate surface area is 91.4 Å². The van der Waals surface area contributed by atoms with Crippen LogP contribution in [0.15, 0.2) is 0 Å². The molecule has 0 saturated heterocycles. The Morgan fingerprint density at radius 1 is 1.57 bits per heavy atom. The van der Waals surface area contributed by atoms with Gasteiger partial charge in [0.25, 0.3) is 0 Å². The van der Waals surface area contributed by atoms with Gasteiger partial charge >= 0.3 is 0 Å². The van der Waals surface area contributed by atoms with Crippen LogP contribution < -0.4 is 5.32 Å². The Morgan fingerprint density at radius 2 is 2.29 bits per heavy atom. The molecule has 0 heterocycles. The zero-order chi connectivity index (χ0) is 10.6. The number of hydrogen-bond acceptors (Lipinski definition) is 1. The molecule has 0 aromatic carbocycles. The van der Waals surface area contributed by atoms with Crippen LogP contribution >= 0.6 is 11.6 Å². The smallest absolute Gasteiger partial charge is 0.223 e. The first-order valence-electron chi connectivity index (χ1n) is 5.59. The summed E-state index contributed by atoms with van der Waals surface area (Å²) in [5, 5.41) is 3.19. The van der Waals surface area contributed by atoms with Crippen molar-refractivity contribution in [2.75, 3.05) is 0 Å². The molecule has 1 rings (SSSR count). The first kappa shape index (κ1) is 11.8. The van der Waals surface area contributed by atoms with Gasteiger partial charge in [0.1, 0.15) is 0 Å². The molecule has 3 unspecified atom stereocenters. The third kappa shape index (κ3) is 3.16. The zero-order valence-corrected chi connectivity index (χ0v) is 9.81. The maximum Gasteiger partial charge on any atom is 0.223 e. The van der Waals surface area contributed by atoms with Gasteiger partial charge < -0.3 is 5.32 Å². The van der Waals surface area contributed by atoms with Crippen LogP contribution in [-0.4, -0.2) is 17.3 Å². The van der Waals surface area contributed by atoms with E-state index in [0.29, 0.717) is 0 Å². The molecule has 1 N–H and O–H groups in total. The number of nitrogens with one attached hydrogen (secondary N) is 1. The van der Waals surface area contributed by atoms with Crippen molar-refractivity contribution in [2.45, 2.75) is 57.4 Å². The predicted molar refractivity (Wildman–Crippen MR) is 59.5 cm³/mol. The second-order valence-corrected chi connectivity index (χ2v) is 4.81. The highest BCUT2D eigenvalue weighted by Crippen LogP contribution is 2.24. The summed E-state index contributed by atoms with van der Waals surface area (Å²) in [5.41, 5.74) is 0. The van der Waals surface area contributed by atoms with E-state index in [1.807, 2.05) is 6.92 Å². The monoisotopic (exact) mass is 217 g/mol. The molecule has 82 valence electrons.